The minimum atomic E-state index is -1.31. The van der Waals surface area contributed by atoms with Gasteiger partial charge in [-0.25, -0.2) is 4.79 Å². The van der Waals surface area contributed by atoms with E-state index in [1.807, 2.05) is 36.2 Å². The number of nitrogens with zero attached hydrogens (tertiary/aromatic N) is 3. The molecule has 0 radical (unpaired) electrons. The minimum Gasteiger partial charge on any atom is -0.449 e. The molecule has 1 saturated heterocycles. The molecule has 1 amide bonds. The normalized spacial score (nSPS) is 19.2. The van der Waals surface area contributed by atoms with Crippen molar-refractivity contribution in [1.29, 1.82) is 0 Å². The number of carbonyl (C=O) groups is 2. The summed E-state index contributed by atoms with van der Waals surface area (Å²) in [5.74, 6) is 0.943. The summed E-state index contributed by atoms with van der Waals surface area (Å²) in [6.45, 7) is 3.12. The number of ether oxygens (including phenoxy) is 1. The van der Waals surface area contributed by atoms with E-state index in [9.17, 15) is 14.7 Å². The number of benzene rings is 1. The summed E-state index contributed by atoms with van der Waals surface area (Å²) in [6, 6.07) is 12.2. The first-order chi connectivity index (χ1) is 17.9. The Morgan fingerprint density at radius 2 is 1.86 bits per heavy atom. The van der Waals surface area contributed by atoms with Crippen molar-refractivity contribution in [2.24, 2.45) is 5.92 Å². The standard InChI is InChI=1S/C29H37N3O4S/c1-30-15-9-10-20(17-30)18-31(2)24(33)19-32-27(22-13-7-4-8-14-22)26(21-11-5-3-6-12-21)23-16-25(36-29(34)35)37-28(23)32/h4,7-8,13-14,16,20-21H,3,5-6,9-12,15,17-19H2,1-2H3,(H,34,35). The second-order valence-electron chi connectivity index (χ2n) is 10.7. The van der Waals surface area contributed by atoms with Crippen molar-refractivity contribution in [3.8, 4) is 16.3 Å². The molecule has 5 rings (SSSR count). The summed E-state index contributed by atoms with van der Waals surface area (Å²) in [7, 11) is 4.06. The summed E-state index contributed by atoms with van der Waals surface area (Å²) in [5.41, 5.74) is 3.42. The summed E-state index contributed by atoms with van der Waals surface area (Å²) in [4.78, 5) is 30.1. The zero-order chi connectivity index (χ0) is 25.9. The van der Waals surface area contributed by atoms with Gasteiger partial charge >= 0.3 is 6.16 Å². The Balaban J connectivity index is 1.55. The van der Waals surface area contributed by atoms with Crippen molar-refractivity contribution in [3.05, 3.63) is 42.0 Å². The number of thiophene rings is 1. The molecule has 1 saturated carbocycles. The van der Waals surface area contributed by atoms with E-state index in [1.54, 1.807) is 0 Å². The van der Waals surface area contributed by atoms with Crippen molar-refractivity contribution in [3.63, 3.8) is 0 Å². The van der Waals surface area contributed by atoms with Crippen molar-refractivity contribution < 1.29 is 19.4 Å². The van der Waals surface area contributed by atoms with Crippen LogP contribution in [0.3, 0.4) is 0 Å². The largest absolute Gasteiger partial charge is 0.512 e. The Morgan fingerprint density at radius 3 is 2.57 bits per heavy atom. The van der Waals surface area contributed by atoms with Gasteiger partial charge in [-0.05, 0) is 62.2 Å². The van der Waals surface area contributed by atoms with Crippen molar-refractivity contribution >= 4 is 33.6 Å². The Labute approximate surface area is 222 Å². The highest BCUT2D eigenvalue weighted by Gasteiger charge is 2.30. The van der Waals surface area contributed by atoms with Crippen LogP contribution in [0, 0.1) is 5.92 Å². The number of aromatic nitrogens is 1. The first kappa shape index (κ1) is 25.8. The van der Waals surface area contributed by atoms with Gasteiger partial charge in [0.05, 0.1) is 5.69 Å². The third kappa shape index (κ3) is 5.70. The highest BCUT2D eigenvalue weighted by atomic mass is 32.1. The maximum absolute atomic E-state index is 13.6. The van der Waals surface area contributed by atoms with E-state index >= 15 is 0 Å². The Kier molecular flexibility index (Phi) is 7.86. The van der Waals surface area contributed by atoms with Gasteiger partial charge in [0.15, 0.2) is 5.06 Å². The molecule has 3 heterocycles. The molecular formula is C29H37N3O4S. The van der Waals surface area contributed by atoms with Crippen molar-refractivity contribution in [2.75, 3.05) is 33.7 Å². The Morgan fingerprint density at radius 1 is 1.11 bits per heavy atom. The number of rotatable bonds is 7. The zero-order valence-corrected chi connectivity index (χ0v) is 22.6. The van der Waals surface area contributed by atoms with Crippen molar-refractivity contribution in [2.45, 2.75) is 57.4 Å². The lowest BCUT2D eigenvalue weighted by Gasteiger charge is -2.32. The molecule has 1 N–H and O–H groups in total. The van der Waals surface area contributed by atoms with E-state index in [-0.39, 0.29) is 12.5 Å². The third-order valence-electron chi connectivity index (χ3n) is 7.97. The van der Waals surface area contributed by atoms with Crippen LogP contribution in [0.4, 0.5) is 4.79 Å². The summed E-state index contributed by atoms with van der Waals surface area (Å²) >= 11 is 1.32. The lowest BCUT2D eigenvalue weighted by atomic mass is 9.82. The average Bonchev–Trinajstić information content (AvgIpc) is 3.41. The third-order valence-corrected chi connectivity index (χ3v) is 9.01. The lowest BCUT2D eigenvalue weighted by Crippen LogP contribution is -2.40. The fourth-order valence-corrected chi connectivity index (χ4v) is 7.32. The lowest BCUT2D eigenvalue weighted by molar-refractivity contribution is -0.131. The first-order valence-corrected chi connectivity index (χ1v) is 14.3. The Bertz CT molecular complexity index is 1250. The summed E-state index contributed by atoms with van der Waals surface area (Å²) in [6.07, 6.45) is 6.84. The van der Waals surface area contributed by atoms with Gasteiger partial charge in [-0.2, -0.15) is 0 Å². The summed E-state index contributed by atoms with van der Waals surface area (Å²) in [5, 5.41) is 10.6. The number of likely N-dealkylation sites (tertiary alicyclic amines) is 1. The maximum Gasteiger partial charge on any atom is 0.512 e. The molecule has 0 spiro atoms. The van der Waals surface area contributed by atoms with Crippen LogP contribution >= 0.6 is 11.3 Å². The van der Waals surface area contributed by atoms with Crippen LogP contribution in [0.25, 0.3) is 21.5 Å². The quantitative estimate of drug-likeness (QED) is 0.369. The van der Waals surface area contributed by atoms with Gasteiger partial charge in [0, 0.05) is 31.6 Å². The van der Waals surface area contributed by atoms with Crippen LogP contribution in [0.5, 0.6) is 5.06 Å². The number of carboxylic acid groups (broad SMARTS) is 1. The molecule has 37 heavy (non-hydrogen) atoms. The number of hydrogen-bond donors (Lipinski definition) is 1. The van der Waals surface area contributed by atoms with Gasteiger partial charge < -0.3 is 24.2 Å². The molecule has 1 aromatic carbocycles. The molecule has 2 aliphatic rings. The number of amides is 1. The van der Waals surface area contributed by atoms with E-state index in [0.717, 1.165) is 60.4 Å². The number of likely N-dealkylation sites (N-methyl/N-ethyl adjacent to an activating group) is 1. The number of hydrogen-bond acceptors (Lipinski definition) is 5. The second-order valence-corrected chi connectivity index (χ2v) is 11.7. The zero-order valence-electron chi connectivity index (χ0n) is 21.8. The van der Waals surface area contributed by atoms with Crippen LogP contribution in [-0.4, -0.2) is 65.3 Å². The highest BCUT2D eigenvalue weighted by molar-refractivity contribution is 7.20. The first-order valence-electron chi connectivity index (χ1n) is 13.5. The predicted molar refractivity (Wildman–Crippen MR) is 148 cm³/mol. The molecule has 8 heteroatoms. The van der Waals surface area contributed by atoms with Crippen LogP contribution < -0.4 is 4.74 Å². The molecule has 1 unspecified atom stereocenters. The summed E-state index contributed by atoms with van der Waals surface area (Å²) < 4.78 is 7.21. The van der Waals surface area contributed by atoms with Gasteiger partial charge in [-0.1, -0.05) is 60.9 Å². The van der Waals surface area contributed by atoms with Crippen LogP contribution in [0.2, 0.25) is 0 Å². The van der Waals surface area contributed by atoms with Gasteiger partial charge in [0.2, 0.25) is 5.91 Å². The van der Waals surface area contributed by atoms with E-state index in [1.165, 1.54) is 42.6 Å². The molecule has 1 atom stereocenters. The van der Waals surface area contributed by atoms with E-state index < -0.39 is 6.16 Å². The molecule has 1 aliphatic heterocycles. The van der Waals surface area contributed by atoms with Crippen LogP contribution in [0.1, 0.15) is 56.4 Å². The fourth-order valence-electron chi connectivity index (χ4n) is 6.29. The van der Waals surface area contributed by atoms with Gasteiger partial charge in [0.25, 0.3) is 0 Å². The molecule has 1 aliphatic carbocycles. The topological polar surface area (TPSA) is 75.0 Å². The second kappa shape index (κ2) is 11.3. The SMILES string of the molecule is CN1CCCC(CN(C)C(=O)Cn2c(-c3ccccc3)c(C3CCCCC3)c3cc(OC(=O)O)sc32)C1. The molecule has 2 aromatic heterocycles. The van der Waals surface area contributed by atoms with E-state index in [4.69, 9.17) is 4.74 Å². The van der Waals surface area contributed by atoms with Crippen LogP contribution in [-0.2, 0) is 11.3 Å². The molecule has 7 nitrogen and oxygen atoms in total. The maximum atomic E-state index is 13.6. The van der Waals surface area contributed by atoms with E-state index in [2.05, 4.69) is 28.6 Å². The van der Waals surface area contributed by atoms with Crippen molar-refractivity contribution in [1.82, 2.24) is 14.4 Å². The Hall–Kier alpha value is -2.84. The monoisotopic (exact) mass is 523 g/mol. The highest BCUT2D eigenvalue weighted by Crippen LogP contribution is 2.48. The molecule has 2 fully saturated rings. The van der Waals surface area contributed by atoms with Gasteiger partial charge in [-0.3, -0.25) is 4.79 Å². The minimum absolute atomic E-state index is 0.0756. The number of carbonyl (C=O) groups excluding carboxylic acids is 1. The predicted octanol–water partition coefficient (Wildman–Crippen LogP) is 6.27. The van der Waals surface area contributed by atoms with Gasteiger partial charge in [0.1, 0.15) is 11.4 Å². The number of piperidine rings is 1. The van der Waals surface area contributed by atoms with Gasteiger partial charge in [-0.15, -0.1) is 0 Å². The molecule has 198 valence electrons. The van der Waals surface area contributed by atoms with Crippen LogP contribution in [0.15, 0.2) is 36.4 Å². The average molecular weight is 524 g/mol. The number of fused-ring (bicyclic) bond motifs is 1. The van der Waals surface area contributed by atoms with E-state index in [0.29, 0.717) is 16.9 Å². The smallest absolute Gasteiger partial charge is 0.449 e. The molecule has 0 bridgehead atoms. The fraction of sp³-hybridized carbons (Fsp3) is 0.517. The molecule has 3 aromatic rings. The molecular weight excluding hydrogens is 486 g/mol.